The molecule has 1 atom stereocenters. The van der Waals surface area contributed by atoms with E-state index in [1.54, 1.807) is 18.4 Å². The monoisotopic (exact) mass is 277 g/mol. The van der Waals surface area contributed by atoms with E-state index in [0.29, 0.717) is 0 Å². The Morgan fingerprint density at radius 3 is 2.84 bits per heavy atom. The first-order valence-corrected chi connectivity index (χ1v) is 7.23. The zero-order chi connectivity index (χ0) is 13.7. The minimum Gasteiger partial charge on any atom is -0.496 e. The van der Waals surface area contributed by atoms with Crippen LogP contribution in [0.25, 0.3) is 0 Å². The lowest BCUT2D eigenvalue weighted by Gasteiger charge is -2.07. The summed E-state index contributed by atoms with van der Waals surface area (Å²) in [6.45, 7) is 5.13. The molecule has 0 radical (unpaired) electrons. The number of nitrogens with one attached hydrogen (secondary N) is 1. The van der Waals surface area contributed by atoms with Crippen molar-refractivity contribution in [1.82, 2.24) is 15.5 Å². The maximum absolute atomic E-state index is 5.35. The number of nitrogens with zero attached hydrogens (tertiary/aromatic N) is 2. The topological polar surface area (TPSA) is 47.0 Å². The molecule has 102 valence electrons. The van der Waals surface area contributed by atoms with Crippen molar-refractivity contribution < 1.29 is 4.74 Å². The third-order valence-corrected chi connectivity index (χ3v) is 4.00. The Morgan fingerprint density at radius 1 is 1.32 bits per heavy atom. The number of methoxy groups -OCH3 is 1. The van der Waals surface area contributed by atoms with E-state index in [0.717, 1.165) is 34.3 Å². The van der Waals surface area contributed by atoms with Crippen LogP contribution in [0.15, 0.2) is 24.3 Å². The van der Waals surface area contributed by atoms with Gasteiger partial charge in [0.15, 0.2) is 0 Å². The molecule has 19 heavy (non-hydrogen) atoms. The van der Waals surface area contributed by atoms with Gasteiger partial charge < -0.3 is 10.1 Å². The molecule has 0 amide bonds. The van der Waals surface area contributed by atoms with E-state index in [-0.39, 0.29) is 6.04 Å². The van der Waals surface area contributed by atoms with Crippen LogP contribution in [0.2, 0.25) is 0 Å². The zero-order valence-corrected chi connectivity index (χ0v) is 12.3. The minimum atomic E-state index is 0.258. The highest BCUT2D eigenvalue weighted by molar-refractivity contribution is 7.11. The Balaban J connectivity index is 2.11. The van der Waals surface area contributed by atoms with Gasteiger partial charge in [-0.1, -0.05) is 36.5 Å². The van der Waals surface area contributed by atoms with Crippen molar-refractivity contribution in [2.24, 2.45) is 0 Å². The molecule has 0 saturated carbocycles. The molecule has 1 unspecified atom stereocenters. The second-order valence-electron chi connectivity index (χ2n) is 4.30. The Kier molecular flexibility index (Phi) is 4.87. The first kappa shape index (κ1) is 14.0. The van der Waals surface area contributed by atoms with E-state index >= 15 is 0 Å². The predicted octanol–water partition coefficient (Wildman–Crippen LogP) is 2.81. The standard InChI is InChI=1S/C14H19N3OS/c1-4-15-10(2)14-17-16-13(19-14)9-11-7-5-6-8-12(11)18-3/h5-8,10,15H,4,9H2,1-3H3. The number of hydrogen-bond acceptors (Lipinski definition) is 5. The number of para-hydroxylation sites is 1. The third-order valence-electron chi connectivity index (χ3n) is 2.90. The summed E-state index contributed by atoms with van der Waals surface area (Å²) in [5.74, 6) is 0.902. The van der Waals surface area contributed by atoms with Gasteiger partial charge in [0.05, 0.1) is 13.2 Å². The average molecular weight is 277 g/mol. The summed E-state index contributed by atoms with van der Waals surface area (Å²) >= 11 is 1.65. The van der Waals surface area contributed by atoms with Crippen molar-refractivity contribution in [2.45, 2.75) is 26.3 Å². The predicted molar refractivity (Wildman–Crippen MR) is 77.8 cm³/mol. The van der Waals surface area contributed by atoms with Crippen LogP contribution in [0.3, 0.4) is 0 Å². The number of aromatic nitrogens is 2. The number of rotatable bonds is 6. The Bertz CT molecular complexity index is 527. The van der Waals surface area contributed by atoms with Crippen LogP contribution in [0.4, 0.5) is 0 Å². The summed E-state index contributed by atoms with van der Waals surface area (Å²) in [6.07, 6.45) is 0.764. The molecule has 1 aromatic heterocycles. The molecule has 0 fully saturated rings. The van der Waals surface area contributed by atoms with Crippen molar-refractivity contribution >= 4 is 11.3 Å². The highest BCUT2D eigenvalue weighted by Crippen LogP contribution is 2.24. The number of hydrogen-bond donors (Lipinski definition) is 1. The summed E-state index contributed by atoms with van der Waals surface area (Å²) in [6, 6.07) is 8.28. The average Bonchev–Trinajstić information content (AvgIpc) is 2.88. The first-order valence-electron chi connectivity index (χ1n) is 6.42. The zero-order valence-electron chi connectivity index (χ0n) is 11.5. The summed E-state index contributed by atoms with van der Waals surface area (Å²) in [5.41, 5.74) is 1.14. The number of ether oxygens (including phenoxy) is 1. The SMILES string of the molecule is CCNC(C)c1nnc(Cc2ccccc2OC)s1. The van der Waals surface area contributed by atoms with Crippen molar-refractivity contribution in [2.75, 3.05) is 13.7 Å². The first-order chi connectivity index (χ1) is 9.24. The van der Waals surface area contributed by atoms with Gasteiger partial charge in [-0.2, -0.15) is 0 Å². The molecule has 2 rings (SSSR count). The van der Waals surface area contributed by atoms with E-state index in [1.807, 2.05) is 18.2 Å². The van der Waals surface area contributed by atoms with Gasteiger partial charge in [-0.25, -0.2) is 0 Å². The second kappa shape index (κ2) is 6.63. The van der Waals surface area contributed by atoms with Crippen LogP contribution in [0.5, 0.6) is 5.75 Å². The maximum Gasteiger partial charge on any atom is 0.134 e. The van der Waals surface area contributed by atoms with Gasteiger partial charge in [0.1, 0.15) is 15.8 Å². The lowest BCUT2D eigenvalue weighted by molar-refractivity contribution is 0.410. The highest BCUT2D eigenvalue weighted by atomic mass is 32.1. The quantitative estimate of drug-likeness (QED) is 0.882. The largest absolute Gasteiger partial charge is 0.496 e. The molecule has 2 aromatic rings. The molecule has 1 N–H and O–H groups in total. The fourth-order valence-corrected chi connectivity index (χ4v) is 2.81. The summed E-state index contributed by atoms with van der Waals surface area (Å²) < 4.78 is 5.35. The molecule has 1 aromatic carbocycles. The lowest BCUT2D eigenvalue weighted by Crippen LogP contribution is -2.17. The van der Waals surface area contributed by atoms with Crippen molar-refractivity contribution in [3.8, 4) is 5.75 Å². The highest BCUT2D eigenvalue weighted by Gasteiger charge is 2.12. The molecular weight excluding hydrogens is 258 g/mol. The Morgan fingerprint density at radius 2 is 2.11 bits per heavy atom. The molecule has 0 aliphatic heterocycles. The van der Waals surface area contributed by atoms with Crippen LogP contribution in [-0.4, -0.2) is 23.9 Å². The third kappa shape index (κ3) is 3.52. The molecule has 0 bridgehead atoms. The molecule has 5 heteroatoms. The Hall–Kier alpha value is -1.46. The van der Waals surface area contributed by atoms with Crippen molar-refractivity contribution in [1.29, 1.82) is 0 Å². The molecular formula is C14H19N3OS. The Labute approximate surface area is 117 Å². The molecule has 0 saturated heterocycles. The van der Waals surface area contributed by atoms with Crippen molar-refractivity contribution in [3.63, 3.8) is 0 Å². The fourth-order valence-electron chi connectivity index (χ4n) is 1.92. The van der Waals surface area contributed by atoms with Crippen LogP contribution in [0.1, 0.15) is 35.5 Å². The normalized spacial score (nSPS) is 12.4. The summed E-state index contributed by atoms with van der Waals surface area (Å²) in [7, 11) is 1.69. The second-order valence-corrected chi connectivity index (χ2v) is 5.40. The van der Waals surface area contributed by atoms with Gasteiger partial charge in [0.2, 0.25) is 0 Å². The van der Waals surface area contributed by atoms with Gasteiger partial charge in [-0.15, -0.1) is 10.2 Å². The minimum absolute atomic E-state index is 0.258. The molecule has 0 spiro atoms. The van der Waals surface area contributed by atoms with Gasteiger partial charge in [0.25, 0.3) is 0 Å². The van der Waals surface area contributed by atoms with Gasteiger partial charge in [-0.3, -0.25) is 0 Å². The van der Waals surface area contributed by atoms with Gasteiger partial charge in [-0.05, 0) is 19.5 Å². The fraction of sp³-hybridized carbons (Fsp3) is 0.429. The van der Waals surface area contributed by atoms with Crippen LogP contribution in [-0.2, 0) is 6.42 Å². The number of benzene rings is 1. The van der Waals surface area contributed by atoms with E-state index in [2.05, 4.69) is 35.4 Å². The van der Waals surface area contributed by atoms with Gasteiger partial charge >= 0.3 is 0 Å². The van der Waals surface area contributed by atoms with E-state index in [9.17, 15) is 0 Å². The lowest BCUT2D eigenvalue weighted by atomic mass is 10.1. The van der Waals surface area contributed by atoms with Crippen molar-refractivity contribution in [3.05, 3.63) is 39.8 Å². The van der Waals surface area contributed by atoms with Crippen LogP contribution >= 0.6 is 11.3 Å². The van der Waals surface area contributed by atoms with Crippen LogP contribution in [0, 0.1) is 0 Å². The van der Waals surface area contributed by atoms with E-state index in [1.165, 1.54) is 0 Å². The molecule has 0 aliphatic carbocycles. The molecule has 0 aliphatic rings. The van der Waals surface area contributed by atoms with Crippen LogP contribution < -0.4 is 10.1 Å². The van der Waals surface area contributed by atoms with Gasteiger partial charge in [0, 0.05) is 12.0 Å². The molecule has 4 nitrogen and oxygen atoms in total. The molecule has 1 heterocycles. The summed E-state index contributed by atoms with van der Waals surface area (Å²) in [5, 5.41) is 13.9. The summed E-state index contributed by atoms with van der Waals surface area (Å²) in [4.78, 5) is 0. The maximum atomic E-state index is 5.35. The smallest absolute Gasteiger partial charge is 0.134 e. The van der Waals surface area contributed by atoms with E-state index < -0.39 is 0 Å². The van der Waals surface area contributed by atoms with E-state index in [4.69, 9.17) is 4.74 Å².